The van der Waals surface area contributed by atoms with Crippen molar-refractivity contribution in [2.75, 3.05) is 0 Å². The molecule has 2 unspecified atom stereocenters. The molecule has 0 spiro atoms. The summed E-state index contributed by atoms with van der Waals surface area (Å²) in [5.74, 6) is -0.543. The second kappa shape index (κ2) is 6.74. The SMILES string of the molecule is CC(Cc1cccs1)NC(=O)NC(CC(=O)O)C1CC1. The van der Waals surface area contributed by atoms with E-state index in [1.165, 1.54) is 4.88 Å². The molecule has 2 atom stereocenters. The summed E-state index contributed by atoms with van der Waals surface area (Å²) in [6, 6.07) is 3.54. The van der Waals surface area contributed by atoms with E-state index in [0.29, 0.717) is 5.92 Å². The van der Waals surface area contributed by atoms with E-state index in [1.807, 2.05) is 24.4 Å². The van der Waals surface area contributed by atoms with Gasteiger partial charge >= 0.3 is 12.0 Å². The average molecular weight is 296 g/mol. The predicted molar refractivity (Wildman–Crippen MR) is 77.9 cm³/mol. The lowest BCUT2D eigenvalue weighted by molar-refractivity contribution is -0.137. The van der Waals surface area contributed by atoms with Crippen molar-refractivity contribution in [2.24, 2.45) is 5.92 Å². The van der Waals surface area contributed by atoms with Crippen LogP contribution in [-0.4, -0.2) is 29.2 Å². The molecule has 3 N–H and O–H groups in total. The Balaban J connectivity index is 1.76. The third-order valence-corrected chi connectivity index (χ3v) is 4.27. The van der Waals surface area contributed by atoms with Gasteiger partial charge in [-0.1, -0.05) is 6.07 Å². The highest BCUT2D eigenvalue weighted by molar-refractivity contribution is 7.09. The van der Waals surface area contributed by atoms with Crippen molar-refractivity contribution >= 4 is 23.3 Å². The van der Waals surface area contributed by atoms with Gasteiger partial charge in [0, 0.05) is 23.4 Å². The Labute approximate surface area is 122 Å². The van der Waals surface area contributed by atoms with Crippen molar-refractivity contribution < 1.29 is 14.7 Å². The molecular weight excluding hydrogens is 276 g/mol. The minimum absolute atomic E-state index is 0.00259. The summed E-state index contributed by atoms with van der Waals surface area (Å²) in [6.07, 6.45) is 2.79. The number of nitrogens with one attached hydrogen (secondary N) is 2. The van der Waals surface area contributed by atoms with Crippen LogP contribution >= 0.6 is 11.3 Å². The highest BCUT2D eigenvalue weighted by atomic mass is 32.1. The number of amides is 2. The van der Waals surface area contributed by atoms with Crippen molar-refractivity contribution in [2.45, 2.75) is 44.7 Å². The highest BCUT2D eigenvalue weighted by Gasteiger charge is 2.33. The van der Waals surface area contributed by atoms with Crippen molar-refractivity contribution in [3.8, 4) is 0 Å². The van der Waals surface area contributed by atoms with Gasteiger partial charge in [-0.3, -0.25) is 4.79 Å². The molecule has 110 valence electrons. The molecule has 1 aromatic heterocycles. The molecule has 0 aromatic carbocycles. The molecule has 0 radical (unpaired) electrons. The first kappa shape index (κ1) is 14.8. The van der Waals surface area contributed by atoms with Crippen molar-refractivity contribution in [1.29, 1.82) is 0 Å². The topological polar surface area (TPSA) is 78.4 Å². The van der Waals surface area contributed by atoms with Crippen molar-refractivity contribution in [3.05, 3.63) is 22.4 Å². The summed E-state index contributed by atoms with van der Waals surface area (Å²) in [7, 11) is 0. The number of carboxylic acid groups (broad SMARTS) is 1. The lowest BCUT2D eigenvalue weighted by Crippen LogP contribution is -2.47. The Morgan fingerprint density at radius 3 is 2.75 bits per heavy atom. The van der Waals surface area contributed by atoms with Crippen LogP contribution in [0.3, 0.4) is 0 Å². The van der Waals surface area contributed by atoms with Gasteiger partial charge in [-0.2, -0.15) is 0 Å². The Hall–Kier alpha value is -1.56. The van der Waals surface area contributed by atoms with Gasteiger partial charge in [-0.05, 0) is 37.1 Å². The summed E-state index contributed by atoms with van der Waals surface area (Å²) in [5.41, 5.74) is 0. The number of carbonyl (C=O) groups is 2. The summed E-state index contributed by atoms with van der Waals surface area (Å²) in [4.78, 5) is 23.9. The number of aliphatic carboxylic acids is 1. The lowest BCUT2D eigenvalue weighted by atomic mass is 10.1. The van der Waals surface area contributed by atoms with E-state index in [1.54, 1.807) is 11.3 Å². The standard InChI is InChI=1S/C14H20N2O3S/c1-9(7-11-3-2-6-20-11)15-14(19)16-12(8-13(17)18)10-4-5-10/h2-3,6,9-10,12H,4-5,7-8H2,1H3,(H,17,18)(H2,15,16,19). The third kappa shape index (κ3) is 4.85. The first-order valence-corrected chi connectivity index (χ1v) is 7.73. The molecule has 2 amide bonds. The number of thiophene rings is 1. The van der Waals surface area contributed by atoms with Gasteiger partial charge in [0.2, 0.25) is 0 Å². The lowest BCUT2D eigenvalue weighted by Gasteiger charge is -2.19. The molecular formula is C14H20N2O3S. The summed E-state index contributed by atoms with van der Waals surface area (Å²) in [5, 5.41) is 16.5. The summed E-state index contributed by atoms with van der Waals surface area (Å²) >= 11 is 1.67. The van der Waals surface area contributed by atoms with Gasteiger partial charge in [0.1, 0.15) is 0 Å². The second-order valence-electron chi connectivity index (χ2n) is 5.34. The fourth-order valence-electron chi connectivity index (χ4n) is 2.24. The fraction of sp³-hybridized carbons (Fsp3) is 0.571. The largest absolute Gasteiger partial charge is 0.481 e. The van der Waals surface area contributed by atoms with Crippen LogP contribution in [0.4, 0.5) is 4.79 Å². The molecule has 1 heterocycles. The first-order chi connectivity index (χ1) is 9.54. The third-order valence-electron chi connectivity index (χ3n) is 3.37. The van der Waals surface area contributed by atoms with Gasteiger partial charge < -0.3 is 15.7 Å². The van der Waals surface area contributed by atoms with Gasteiger partial charge in [0.15, 0.2) is 0 Å². The van der Waals surface area contributed by atoms with Crippen LogP contribution in [0, 0.1) is 5.92 Å². The molecule has 0 bridgehead atoms. The summed E-state index contributed by atoms with van der Waals surface area (Å²) in [6.45, 7) is 1.95. The molecule has 2 rings (SSSR count). The van der Waals surface area contributed by atoms with Crippen LogP contribution in [0.25, 0.3) is 0 Å². The number of carbonyl (C=O) groups excluding carboxylic acids is 1. The van der Waals surface area contributed by atoms with Crippen molar-refractivity contribution in [1.82, 2.24) is 10.6 Å². The maximum absolute atomic E-state index is 11.9. The van der Waals surface area contributed by atoms with E-state index in [9.17, 15) is 9.59 Å². The zero-order valence-electron chi connectivity index (χ0n) is 11.5. The molecule has 1 saturated carbocycles. The number of hydrogen-bond donors (Lipinski definition) is 3. The molecule has 0 saturated heterocycles. The van der Waals surface area contributed by atoms with Crippen LogP contribution in [0.2, 0.25) is 0 Å². The Morgan fingerprint density at radius 1 is 1.45 bits per heavy atom. The second-order valence-corrected chi connectivity index (χ2v) is 6.38. The van der Waals surface area contributed by atoms with E-state index < -0.39 is 5.97 Å². The minimum Gasteiger partial charge on any atom is -0.481 e. The molecule has 1 aromatic rings. The highest BCUT2D eigenvalue weighted by Crippen LogP contribution is 2.33. The molecule has 1 aliphatic carbocycles. The first-order valence-electron chi connectivity index (χ1n) is 6.86. The fourth-order valence-corrected chi connectivity index (χ4v) is 3.07. The Kier molecular flexibility index (Phi) is 5.00. The molecule has 0 aliphatic heterocycles. The average Bonchev–Trinajstić information content (AvgIpc) is 3.07. The number of hydrogen-bond acceptors (Lipinski definition) is 3. The van der Waals surface area contributed by atoms with Gasteiger partial charge in [0.05, 0.1) is 6.42 Å². The number of carboxylic acids is 1. The van der Waals surface area contributed by atoms with E-state index in [0.717, 1.165) is 19.3 Å². The van der Waals surface area contributed by atoms with Crippen LogP contribution < -0.4 is 10.6 Å². The Morgan fingerprint density at radius 2 is 2.20 bits per heavy atom. The van der Waals surface area contributed by atoms with Gasteiger partial charge in [0.25, 0.3) is 0 Å². The Bertz CT molecular complexity index is 457. The maximum atomic E-state index is 11.9. The number of rotatable bonds is 7. The van der Waals surface area contributed by atoms with E-state index in [4.69, 9.17) is 5.11 Å². The van der Waals surface area contributed by atoms with Gasteiger partial charge in [-0.15, -0.1) is 11.3 Å². The van der Waals surface area contributed by atoms with Crippen molar-refractivity contribution in [3.63, 3.8) is 0 Å². The van der Waals surface area contributed by atoms with Crippen LogP contribution in [0.15, 0.2) is 17.5 Å². The maximum Gasteiger partial charge on any atom is 0.315 e. The molecule has 20 heavy (non-hydrogen) atoms. The molecule has 6 heteroatoms. The predicted octanol–water partition coefficient (Wildman–Crippen LogP) is 2.23. The molecule has 1 aliphatic rings. The quantitative estimate of drug-likeness (QED) is 0.722. The zero-order chi connectivity index (χ0) is 14.5. The summed E-state index contributed by atoms with van der Waals surface area (Å²) < 4.78 is 0. The molecule has 1 fully saturated rings. The van der Waals surface area contributed by atoms with Crippen LogP contribution in [0.5, 0.6) is 0 Å². The normalized spacial score (nSPS) is 17.2. The minimum atomic E-state index is -0.867. The van der Waals surface area contributed by atoms with E-state index >= 15 is 0 Å². The smallest absolute Gasteiger partial charge is 0.315 e. The van der Waals surface area contributed by atoms with E-state index in [2.05, 4.69) is 10.6 Å². The van der Waals surface area contributed by atoms with Crippen LogP contribution in [-0.2, 0) is 11.2 Å². The zero-order valence-corrected chi connectivity index (χ0v) is 12.3. The van der Waals surface area contributed by atoms with E-state index in [-0.39, 0.29) is 24.5 Å². The van der Waals surface area contributed by atoms with Gasteiger partial charge in [-0.25, -0.2) is 4.79 Å². The monoisotopic (exact) mass is 296 g/mol. The van der Waals surface area contributed by atoms with Crippen LogP contribution in [0.1, 0.15) is 31.1 Å². The molecule has 5 nitrogen and oxygen atoms in total. The number of urea groups is 1.